The third-order valence-corrected chi connectivity index (χ3v) is 8.21. The molecule has 0 bridgehead atoms. The summed E-state index contributed by atoms with van der Waals surface area (Å²) in [7, 11) is 2.21. The quantitative estimate of drug-likeness (QED) is 0.419. The molecule has 1 atom stereocenters. The monoisotopic (exact) mass is 460 g/mol. The van der Waals surface area contributed by atoms with Crippen molar-refractivity contribution >= 4 is 39.1 Å². The SMILES string of the molecule is C[NH+]1CCc2c(sc3c2c(=O)n(-c2ccccc2)c2nnc(SCc4ccccc4)n32)C1. The van der Waals surface area contributed by atoms with Gasteiger partial charge >= 0.3 is 0 Å². The van der Waals surface area contributed by atoms with Gasteiger partial charge in [-0.1, -0.05) is 60.3 Å². The molecule has 1 aliphatic heterocycles. The third-order valence-electron chi connectivity index (χ3n) is 6.00. The van der Waals surface area contributed by atoms with Crippen molar-refractivity contribution in [2.24, 2.45) is 0 Å². The zero-order valence-corrected chi connectivity index (χ0v) is 19.2. The van der Waals surface area contributed by atoms with E-state index >= 15 is 0 Å². The van der Waals surface area contributed by atoms with Crippen LogP contribution >= 0.6 is 23.1 Å². The number of thioether (sulfide) groups is 1. The van der Waals surface area contributed by atoms with Gasteiger partial charge in [0.15, 0.2) is 5.16 Å². The van der Waals surface area contributed by atoms with E-state index in [4.69, 9.17) is 0 Å². The molecule has 0 fully saturated rings. The smallest absolute Gasteiger partial charge is 0.268 e. The number of quaternary nitrogens is 1. The van der Waals surface area contributed by atoms with Gasteiger partial charge in [-0.05, 0) is 23.3 Å². The Morgan fingerprint density at radius 1 is 1.06 bits per heavy atom. The Morgan fingerprint density at radius 3 is 2.59 bits per heavy atom. The largest absolute Gasteiger partial charge is 0.333 e. The van der Waals surface area contributed by atoms with Crippen LogP contribution < -0.4 is 10.5 Å². The lowest BCUT2D eigenvalue weighted by molar-refractivity contribution is -0.895. The van der Waals surface area contributed by atoms with E-state index in [0.29, 0.717) is 5.78 Å². The fourth-order valence-electron chi connectivity index (χ4n) is 4.40. The van der Waals surface area contributed by atoms with Crippen molar-refractivity contribution in [1.82, 2.24) is 19.2 Å². The minimum Gasteiger partial charge on any atom is -0.333 e. The van der Waals surface area contributed by atoms with E-state index in [-0.39, 0.29) is 5.56 Å². The molecule has 8 heteroatoms. The maximum atomic E-state index is 13.8. The molecule has 0 amide bonds. The molecular formula is C24H22N5OS2+. The fourth-order valence-corrected chi connectivity index (χ4v) is 6.79. The van der Waals surface area contributed by atoms with Crippen LogP contribution in [0.2, 0.25) is 0 Å². The van der Waals surface area contributed by atoms with E-state index in [1.165, 1.54) is 20.9 Å². The van der Waals surface area contributed by atoms with Crippen LogP contribution in [0, 0.1) is 0 Å². The molecule has 0 saturated carbocycles. The first kappa shape index (κ1) is 19.7. The molecule has 0 saturated heterocycles. The fraction of sp³-hybridized carbons (Fsp3) is 0.208. The summed E-state index contributed by atoms with van der Waals surface area (Å²) in [6.07, 6.45) is 0.922. The van der Waals surface area contributed by atoms with Crippen molar-refractivity contribution < 1.29 is 4.90 Å². The Morgan fingerprint density at radius 2 is 1.81 bits per heavy atom. The van der Waals surface area contributed by atoms with Crippen LogP contribution in [-0.2, 0) is 18.7 Å². The van der Waals surface area contributed by atoms with Gasteiger partial charge in [0.25, 0.3) is 5.56 Å². The molecule has 0 spiro atoms. The Hall–Kier alpha value is -2.94. The number of hydrogen-bond acceptors (Lipinski definition) is 5. The van der Waals surface area contributed by atoms with Gasteiger partial charge in [0.05, 0.1) is 29.5 Å². The van der Waals surface area contributed by atoms with E-state index in [1.807, 2.05) is 36.4 Å². The van der Waals surface area contributed by atoms with Gasteiger partial charge in [0.1, 0.15) is 11.4 Å². The van der Waals surface area contributed by atoms with Crippen LogP contribution in [-0.4, -0.2) is 32.8 Å². The summed E-state index contributed by atoms with van der Waals surface area (Å²) in [6.45, 7) is 2.00. The molecule has 1 aliphatic rings. The molecule has 2 aromatic carbocycles. The maximum absolute atomic E-state index is 13.8. The highest BCUT2D eigenvalue weighted by Gasteiger charge is 2.28. The molecule has 0 aliphatic carbocycles. The highest BCUT2D eigenvalue weighted by Crippen LogP contribution is 2.34. The summed E-state index contributed by atoms with van der Waals surface area (Å²) in [5.41, 5.74) is 3.26. The lowest BCUT2D eigenvalue weighted by atomic mass is 10.1. The molecule has 160 valence electrons. The van der Waals surface area contributed by atoms with Crippen LogP contribution in [0.25, 0.3) is 21.7 Å². The van der Waals surface area contributed by atoms with Gasteiger partial charge in [0, 0.05) is 12.2 Å². The number of nitrogens with one attached hydrogen (secondary N) is 1. The molecular weight excluding hydrogens is 438 g/mol. The molecule has 6 nitrogen and oxygen atoms in total. The number of likely N-dealkylation sites (N-methyl/N-ethyl adjacent to an activating group) is 1. The number of rotatable bonds is 4. The summed E-state index contributed by atoms with van der Waals surface area (Å²) in [4.78, 5) is 17.6. The minimum absolute atomic E-state index is 0.00256. The number of benzene rings is 2. The first-order chi connectivity index (χ1) is 15.7. The second kappa shape index (κ2) is 7.88. The lowest BCUT2D eigenvalue weighted by Gasteiger charge is -2.19. The lowest BCUT2D eigenvalue weighted by Crippen LogP contribution is -3.08. The zero-order chi connectivity index (χ0) is 21.7. The van der Waals surface area contributed by atoms with Crippen LogP contribution in [0.3, 0.4) is 0 Å². The molecule has 4 heterocycles. The summed E-state index contributed by atoms with van der Waals surface area (Å²) in [5.74, 6) is 1.37. The van der Waals surface area contributed by atoms with E-state index in [1.54, 1.807) is 27.7 Å². The highest BCUT2D eigenvalue weighted by atomic mass is 32.2. The van der Waals surface area contributed by atoms with Gasteiger partial charge in [-0.15, -0.1) is 21.5 Å². The topological polar surface area (TPSA) is 56.6 Å². The summed E-state index contributed by atoms with van der Waals surface area (Å²) < 4.78 is 3.82. The maximum Gasteiger partial charge on any atom is 0.268 e. The molecule has 1 unspecified atom stereocenters. The predicted octanol–water partition coefficient (Wildman–Crippen LogP) is 2.96. The van der Waals surface area contributed by atoms with Gasteiger partial charge in [-0.2, -0.15) is 0 Å². The first-order valence-electron chi connectivity index (χ1n) is 10.7. The Kier molecular flexibility index (Phi) is 4.86. The van der Waals surface area contributed by atoms with Gasteiger partial charge in [-0.3, -0.25) is 4.79 Å². The summed E-state index contributed by atoms with van der Waals surface area (Å²) >= 11 is 3.38. The molecule has 0 radical (unpaired) electrons. The van der Waals surface area contributed by atoms with Gasteiger partial charge < -0.3 is 4.90 Å². The van der Waals surface area contributed by atoms with E-state index < -0.39 is 0 Å². The van der Waals surface area contributed by atoms with Gasteiger partial charge in [-0.25, -0.2) is 8.97 Å². The van der Waals surface area contributed by atoms with Crippen molar-refractivity contribution in [2.75, 3.05) is 13.6 Å². The van der Waals surface area contributed by atoms with Crippen molar-refractivity contribution in [1.29, 1.82) is 0 Å². The molecule has 3 aromatic heterocycles. The first-order valence-corrected chi connectivity index (χ1v) is 12.5. The van der Waals surface area contributed by atoms with Crippen molar-refractivity contribution in [2.45, 2.75) is 23.9 Å². The number of nitrogens with zero attached hydrogens (tertiary/aromatic N) is 4. The zero-order valence-electron chi connectivity index (χ0n) is 17.6. The summed E-state index contributed by atoms with van der Waals surface area (Å²) in [6, 6.07) is 20.1. The average molecular weight is 461 g/mol. The Labute approximate surface area is 193 Å². The van der Waals surface area contributed by atoms with Crippen LogP contribution in [0.5, 0.6) is 0 Å². The van der Waals surface area contributed by atoms with E-state index in [9.17, 15) is 4.79 Å². The predicted molar refractivity (Wildman–Crippen MR) is 129 cm³/mol. The second-order valence-corrected chi connectivity index (χ2v) is 10.2. The second-order valence-electron chi connectivity index (χ2n) is 8.19. The molecule has 5 aromatic rings. The minimum atomic E-state index is 0.00256. The van der Waals surface area contributed by atoms with Crippen molar-refractivity contribution in [3.05, 3.63) is 87.0 Å². The van der Waals surface area contributed by atoms with E-state index in [0.717, 1.165) is 46.3 Å². The third kappa shape index (κ3) is 3.18. The van der Waals surface area contributed by atoms with Crippen LogP contribution in [0.1, 0.15) is 16.0 Å². The Bertz CT molecular complexity index is 1490. The normalized spacial score (nSPS) is 16.0. The standard InChI is InChI=1S/C24H21N5OS2/c1-27-13-12-18-19(14-27)32-22-20(18)21(30)28(17-10-6-3-7-11-17)23-25-26-24(29(22)23)31-15-16-8-4-2-5-9-16/h2-11H,12-15H2,1H3/p+1. The summed E-state index contributed by atoms with van der Waals surface area (Å²) in [5, 5.41) is 10.7. The van der Waals surface area contributed by atoms with Crippen LogP contribution in [0.15, 0.2) is 70.6 Å². The van der Waals surface area contributed by atoms with Gasteiger partial charge in [0.2, 0.25) is 5.78 Å². The molecule has 1 N–H and O–H groups in total. The number of fused-ring (bicyclic) bond motifs is 5. The van der Waals surface area contributed by atoms with Crippen molar-refractivity contribution in [3.63, 3.8) is 0 Å². The van der Waals surface area contributed by atoms with E-state index in [2.05, 4.69) is 45.9 Å². The average Bonchev–Trinajstić information content (AvgIpc) is 3.40. The number of para-hydroxylation sites is 1. The highest BCUT2D eigenvalue weighted by molar-refractivity contribution is 7.98. The number of thiophene rings is 1. The number of aromatic nitrogens is 4. The molecule has 6 rings (SSSR count). The number of hydrogen-bond donors (Lipinski definition) is 1. The van der Waals surface area contributed by atoms with Crippen molar-refractivity contribution in [3.8, 4) is 5.69 Å². The van der Waals surface area contributed by atoms with Crippen LogP contribution in [0.4, 0.5) is 0 Å². The Balaban J connectivity index is 1.61. The molecule has 32 heavy (non-hydrogen) atoms.